The summed E-state index contributed by atoms with van der Waals surface area (Å²) in [4.78, 5) is 12.3. The van der Waals surface area contributed by atoms with Crippen molar-refractivity contribution in [3.8, 4) is 0 Å². The first kappa shape index (κ1) is 9.53. The molecular formula is C12H12OS. The van der Waals surface area contributed by atoms with Gasteiger partial charge in [0.2, 0.25) is 0 Å². The van der Waals surface area contributed by atoms with E-state index in [1.165, 1.54) is 16.0 Å². The molecule has 0 bridgehead atoms. The van der Waals surface area contributed by atoms with Crippen molar-refractivity contribution in [2.75, 3.05) is 6.26 Å². The Morgan fingerprint density at radius 1 is 1.14 bits per heavy atom. The number of carbonyl (C=O) groups is 1. The van der Waals surface area contributed by atoms with E-state index in [9.17, 15) is 4.79 Å². The number of benzene rings is 1. The molecule has 14 heavy (non-hydrogen) atoms. The molecule has 0 spiro atoms. The van der Waals surface area contributed by atoms with Crippen molar-refractivity contribution >= 4 is 23.1 Å². The van der Waals surface area contributed by atoms with Gasteiger partial charge in [-0.15, -0.1) is 11.8 Å². The van der Waals surface area contributed by atoms with E-state index >= 15 is 0 Å². The Labute approximate surface area is 88.2 Å². The first-order chi connectivity index (χ1) is 6.79. The molecular weight excluding hydrogens is 192 g/mol. The molecule has 0 atom stereocenters. The van der Waals surface area contributed by atoms with Gasteiger partial charge in [0.05, 0.1) is 0 Å². The highest BCUT2D eigenvalue weighted by Crippen LogP contribution is 2.27. The average molecular weight is 204 g/mol. The van der Waals surface area contributed by atoms with E-state index in [1.807, 2.05) is 0 Å². The minimum absolute atomic E-state index is 0.258. The van der Waals surface area contributed by atoms with Crippen LogP contribution in [0.25, 0.3) is 5.57 Å². The molecule has 1 aliphatic rings. The second-order valence-electron chi connectivity index (χ2n) is 3.36. The summed E-state index contributed by atoms with van der Waals surface area (Å²) in [6.07, 6.45) is 5.42. The van der Waals surface area contributed by atoms with Gasteiger partial charge in [0.25, 0.3) is 0 Å². The van der Waals surface area contributed by atoms with E-state index in [0.717, 1.165) is 6.42 Å². The van der Waals surface area contributed by atoms with Crippen molar-refractivity contribution in [3.63, 3.8) is 0 Å². The predicted molar refractivity (Wildman–Crippen MR) is 60.4 cm³/mol. The van der Waals surface area contributed by atoms with E-state index in [2.05, 4.69) is 30.5 Å². The summed E-state index contributed by atoms with van der Waals surface area (Å²) < 4.78 is 0. The Kier molecular flexibility index (Phi) is 2.73. The molecule has 1 nitrogen and oxygen atoms in total. The average Bonchev–Trinajstić information content (AvgIpc) is 2.65. The lowest BCUT2D eigenvalue weighted by molar-refractivity contribution is -0.114. The molecule has 1 aromatic carbocycles. The zero-order valence-corrected chi connectivity index (χ0v) is 8.93. The van der Waals surface area contributed by atoms with Crippen LogP contribution in [0.1, 0.15) is 18.4 Å². The van der Waals surface area contributed by atoms with Crippen molar-refractivity contribution in [2.45, 2.75) is 17.7 Å². The Balaban J connectivity index is 2.25. The first-order valence-corrected chi connectivity index (χ1v) is 5.90. The van der Waals surface area contributed by atoms with Crippen LogP contribution in [0.4, 0.5) is 0 Å². The Morgan fingerprint density at radius 2 is 1.86 bits per heavy atom. The highest BCUT2D eigenvalue weighted by Gasteiger charge is 2.12. The van der Waals surface area contributed by atoms with Crippen LogP contribution in [0.15, 0.2) is 35.2 Å². The van der Waals surface area contributed by atoms with E-state index in [1.54, 1.807) is 17.8 Å². The van der Waals surface area contributed by atoms with Crippen molar-refractivity contribution < 1.29 is 4.79 Å². The molecule has 72 valence electrons. The Morgan fingerprint density at radius 3 is 2.36 bits per heavy atom. The number of thioether (sulfide) groups is 1. The molecule has 1 aromatic rings. The van der Waals surface area contributed by atoms with Crippen LogP contribution in [0.5, 0.6) is 0 Å². The van der Waals surface area contributed by atoms with E-state index in [0.29, 0.717) is 6.42 Å². The second kappa shape index (κ2) is 4.01. The maximum atomic E-state index is 11.1. The molecule has 1 aliphatic carbocycles. The van der Waals surface area contributed by atoms with E-state index in [-0.39, 0.29) is 5.78 Å². The SMILES string of the molecule is CSc1ccc(C2=CC(=O)CC2)cc1. The van der Waals surface area contributed by atoms with Gasteiger partial charge >= 0.3 is 0 Å². The monoisotopic (exact) mass is 204 g/mol. The van der Waals surface area contributed by atoms with Crippen LogP contribution in [0.3, 0.4) is 0 Å². The highest BCUT2D eigenvalue weighted by atomic mass is 32.2. The number of hydrogen-bond donors (Lipinski definition) is 0. The van der Waals surface area contributed by atoms with Crippen LogP contribution < -0.4 is 0 Å². The smallest absolute Gasteiger partial charge is 0.156 e. The summed E-state index contributed by atoms with van der Waals surface area (Å²) in [5.74, 6) is 0.258. The molecule has 0 saturated carbocycles. The minimum atomic E-state index is 0.258. The molecule has 0 fully saturated rings. The lowest BCUT2D eigenvalue weighted by Crippen LogP contribution is -1.80. The molecule has 0 unspecified atom stereocenters. The molecule has 0 N–H and O–H groups in total. The maximum absolute atomic E-state index is 11.1. The zero-order chi connectivity index (χ0) is 9.97. The van der Waals surface area contributed by atoms with Gasteiger partial charge < -0.3 is 0 Å². The molecule has 0 amide bonds. The largest absolute Gasteiger partial charge is 0.295 e. The summed E-state index contributed by atoms with van der Waals surface area (Å²) in [7, 11) is 0. The maximum Gasteiger partial charge on any atom is 0.156 e. The van der Waals surface area contributed by atoms with Gasteiger partial charge in [0, 0.05) is 11.3 Å². The number of rotatable bonds is 2. The number of carbonyl (C=O) groups excluding carboxylic acids is 1. The van der Waals surface area contributed by atoms with Crippen molar-refractivity contribution in [3.05, 3.63) is 35.9 Å². The van der Waals surface area contributed by atoms with E-state index in [4.69, 9.17) is 0 Å². The fourth-order valence-corrected chi connectivity index (χ4v) is 2.04. The molecule has 2 heteroatoms. The molecule has 0 saturated heterocycles. The topological polar surface area (TPSA) is 17.1 Å². The van der Waals surface area contributed by atoms with Crippen molar-refractivity contribution in [2.24, 2.45) is 0 Å². The Bertz CT molecular complexity index is 376. The Hall–Kier alpha value is -1.02. The lowest BCUT2D eigenvalue weighted by atomic mass is 10.1. The summed E-state index contributed by atoms with van der Waals surface area (Å²) in [5.41, 5.74) is 2.37. The molecule has 0 aromatic heterocycles. The van der Waals surface area contributed by atoms with Gasteiger partial charge in [-0.2, -0.15) is 0 Å². The van der Waals surface area contributed by atoms with Crippen LogP contribution in [0.2, 0.25) is 0 Å². The minimum Gasteiger partial charge on any atom is -0.295 e. The van der Waals surface area contributed by atoms with Gasteiger partial charge in [-0.25, -0.2) is 0 Å². The number of allylic oxidation sites excluding steroid dienone is 2. The van der Waals surface area contributed by atoms with Crippen LogP contribution in [-0.2, 0) is 4.79 Å². The number of hydrogen-bond acceptors (Lipinski definition) is 2. The normalized spacial score (nSPS) is 15.8. The van der Waals surface area contributed by atoms with Gasteiger partial charge in [-0.1, -0.05) is 12.1 Å². The second-order valence-corrected chi connectivity index (χ2v) is 4.24. The highest BCUT2D eigenvalue weighted by molar-refractivity contribution is 7.98. The summed E-state index contributed by atoms with van der Waals surface area (Å²) in [6.45, 7) is 0. The predicted octanol–water partition coefficient (Wildman–Crippen LogP) is 3.15. The first-order valence-electron chi connectivity index (χ1n) is 4.67. The fraction of sp³-hybridized carbons (Fsp3) is 0.250. The van der Waals surface area contributed by atoms with Gasteiger partial charge in [-0.05, 0) is 42.0 Å². The van der Waals surface area contributed by atoms with E-state index < -0.39 is 0 Å². The standard InChI is InChI=1S/C12H12OS/c1-14-12-6-3-9(4-7-12)10-2-5-11(13)8-10/h3-4,6-8H,2,5H2,1H3. The molecule has 0 heterocycles. The van der Waals surface area contributed by atoms with Gasteiger partial charge in [0.15, 0.2) is 5.78 Å². The van der Waals surface area contributed by atoms with Gasteiger partial charge in [0.1, 0.15) is 0 Å². The fourth-order valence-electron chi connectivity index (χ4n) is 1.63. The van der Waals surface area contributed by atoms with Crippen LogP contribution in [-0.4, -0.2) is 12.0 Å². The summed E-state index contributed by atoms with van der Waals surface area (Å²) in [6, 6.07) is 8.39. The quantitative estimate of drug-likeness (QED) is 0.688. The third-order valence-electron chi connectivity index (χ3n) is 2.44. The third kappa shape index (κ3) is 1.90. The van der Waals surface area contributed by atoms with Crippen LogP contribution in [0, 0.1) is 0 Å². The summed E-state index contributed by atoms with van der Waals surface area (Å²) in [5, 5.41) is 0. The molecule has 0 aliphatic heterocycles. The van der Waals surface area contributed by atoms with Crippen LogP contribution >= 0.6 is 11.8 Å². The lowest BCUT2D eigenvalue weighted by Gasteiger charge is -2.02. The van der Waals surface area contributed by atoms with Gasteiger partial charge in [-0.3, -0.25) is 4.79 Å². The molecule has 0 radical (unpaired) electrons. The summed E-state index contributed by atoms with van der Waals surface area (Å²) >= 11 is 1.73. The zero-order valence-electron chi connectivity index (χ0n) is 8.12. The number of ketones is 1. The van der Waals surface area contributed by atoms with Crippen molar-refractivity contribution in [1.82, 2.24) is 0 Å². The molecule has 2 rings (SSSR count). The third-order valence-corrected chi connectivity index (χ3v) is 3.18. The van der Waals surface area contributed by atoms with Crippen molar-refractivity contribution in [1.29, 1.82) is 0 Å².